The molecule has 106 valence electrons. The first kappa shape index (κ1) is 14.7. The molecule has 0 amide bonds. The Bertz CT molecular complexity index is 572. The monoisotopic (exact) mass is 291 g/mol. The molecule has 1 aromatic carbocycles. The molecule has 0 aliphatic heterocycles. The van der Waals surface area contributed by atoms with Crippen LogP contribution in [0.15, 0.2) is 36.4 Å². The Morgan fingerprint density at radius 2 is 1.95 bits per heavy atom. The molecule has 0 fully saturated rings. The molecular formula is C16H18ClNO2. The summed E-state index contributed by atoms with van der Waals surface area (Å²) in [6.45, 7) is 2.12. The molecular weight excluding hydrogens is 274 g/mol. The predicted octanol–water partition coefficient (Wildman–Crippen LogP) is 4.57. The summed E-state index contributed by atoms with van der Waals surface area (Å²) in [5, 5.41) is 0. The minimum absolute atomic E-state index is 0.452. The summed E-state index contributed by atoms with van der Waals surface area (Å²) < 4.78 is 11.0. The van der Waals surface area contributed by atoms with E-state index in [0.717, 1.165) is 29.8 Å². The smallest absolute Gasteiger partial charge is 0.219 e. The van der Waals surface area contributed by atoms with Crippen molar-refractivity contribution in [1.82, 2.24) is 4.98 Å². The Morgan fingerprint density at radius 3 is 2.65 bits per heavy atom. The van der Waals surface area contributed by atoms with Gasteiger partial charge in [-0.25, -0.2) is 4.98 Å². The van der Waals surface area contributed by atoms with Gasteiger partial charge in [-0.1, -0.05) is 19.4 Å². The summed E-state index contributed by atoms with van der Waals surface area (Å²) in [6.07, 6.45) is 1.95. The van der Waals surface area contributed by atoms with Crippen molar-refractivity contribution in [2.24, 2.45) is 0 Å². The highest BCUT2D eigenvalue weighted by Crippen LogP contribution is 2.25. The lowest BCUT2D eigenvalue weighted by molar-refractivity contribution is 0.407. The first-order valence-corrected chi connectivity index (χ1v) is 7.16. The fraction of sp³-hybridized carbons (Fsp3) is 0.312. The van der Waals surface area contributed by atoms with Crippen LogP contribution in [0.2, 0.25) is 0 Å². The lowest BCUT2D eigenvalue weighted by atomic mass is 10.2. The van der Waals surface area contributed by atoms with E-state index in [1.54, 1.807) is 7.11 Å². The highest BCUT2D eigenvalue weighted by atomic mass is 35.5. The predicted molar refractivity (Wildman–Crippen MR) is 80.9 cm³/mol. The molecule has 3 nitrogen and oxygen atoms in total. The standard InChI is InChI=1S/C16H18ClNO2/c1-3-5-13-8-12(11-17)9-16(18-13)20-15-7-4-6-14(10-15)19-2/h4,6-10H,3,5,11H2,1-2H3. The van der Waals surface area contributed by atoms with Crippen molar-refractivity contribution in [2.45, 2.75) is 25.6 Å². The van der Waals surface area contributed by atoms with Crippen molar-refractivity contribution in [3.05, 3.63) is 47.7 Å². The van der Waals surface area contributed by atoms with E-state index in [9.17, 15) is 0 Å². The van der Waals surface area contributed by atoms with E-state index < -0.39 is 0 Å². The van der Waals surface area contributed by atoms with E-state index in [0.29, 0.717) is 17.5 Å². The molecule has 0 N–H and O–H groups in total. The van der Waals surface area contributed by atoms with E-state index in [-0.39, 0.29) is 0 Å². The van der Waals surface area contributed by atoms with E-state index in [1.165, 1.54) is 0 Å². The Morgan fingerprint density at radius 1 is 1.15 bits per heavy atom. The molecule has 0 aliphatic rings. The molecule has 0 atom stereocenters. The number of hydrogen-bond acceptors (Lipinski definition) is 3. The van der Waals surface area contributed by atoms with Crippen LogP contribution in [-0.2, 0) is 12.3 Å². The van der Waals surface area contributed by atoms with E-state index in [4.69, 9.17) is 21.1 Å². The van der Waals surface area contributed by atoms with E-state index in [2.05, 4.69) is 11.9 Å². The zero-order valence-corrected chi connectivity index (χ0v) is 12.5. The van der Waals surface area contributed by atoms with Gasteiger partial charge in [0, 0.05) is 23.7 Å². The third-order valence-electron chi connectivity index (χ3n) is 2.84. The molecule has 1 aromatic heterocycles. The van der Waals surface area contributed by atoms with Crippen LogP contribution < -0.4 is 9.47 Å². The van der Waals surface area contributed by atoms with Gasteiger partial charge in [0.2, 0.25) is 5.88 Å². The largest absolute Gasteiger partial charge is 0.497 e. The van der Waals surface area contributed by atoms with Crippen LogP contribution in [0.1, 0.15) is 24.6 Å². The summed E-state index contributed by atoms with van der Waals surface area (Å²) >= 11 is 5.92. The maximum Gasteiger partial charge on any atom is 0.219 e. The Labute approximate surface area is 124 Å². The Kier molecular flexibility index (Phi) is 5.24. The third kappa shape index (κ3) is 3.87. The zero-order chi connectivity index (χ0) is 14.4. The van der Waals surface area contributed by atoms with Crippen LogP contribution in [0.4, 0.5) is 0 Å². The molecule has 0 radical (unpaired) electrons. The van der Waals surface area contributed by atoms with Crippen molar-refractivity contribution in [1.29, 1.82) is 0 Å². The summed E-state index contributed by atoms with van der Waals surface area (Å²) in [7, 11) is 1.63. The lowest BCUT2D eigenvalue weighted by Crippen LogP contribution is -1.96. The van der Waals surface area contributed by atoms with E-state index >= 15 is 0 Å². The van der Waals surface area contributed by atoms with Gasteiger partial charge in [-0.2, -0.15) is 0 Å². The molecule has 2 rings (SSSR count). The van der Waals surface area contributed by atoms with Gasteiger partial charge in [0.05, 0.1) is 7.11 Å². The number of halogens is 1. The van der Waals surface area contributed by atoms with Gasteiger partial charge in [-0.05, 0) is 30.2 Å². The van der Waals surface area contributed by atoms with Crippen LogP contribution in [-0.4, -0.2) is 12.1 Å². The number of alkyl halides is 1. The van der Waals surface area contributed by atoms with Crippen molar-refractivity contribution in [2.75, 3.05) is 7.11 Å². The van der Waals surface area contributed by atoms with Gasteiger partial charge in [-0.3, -0.25) is 0 Å². The van der Waals surface area contributed by atoms with Gasteiger partial charge < -0.3 is 9.47 Å². The van der Waals surface area contributed by atoms with Gasteiger partial charge in [0.1, 0.15) is 11.5 Å². The maximum absolute atomic E-state index is 5.92. The number of nitrogens with zero attached hydrogens (tertiary/aromatic N) is 1. The van der Waals surface area contributed by atoms with Crippen molar-refractivity contribution in [3.63, 3.8) is 0 Å². The summed E-state index contributed by atoms with van der Waals surface area (Å²) in [5.74, 6) is 2.48. The number of pyridine rings is 1. The van der Waals surface area contributed by atoms with Crippen LogP contribution in [0.5, 0.6) is 17.4 Å². The van der Waals surface area contributed by atoms with E-state index in [1.807, 2.05) is 36.4 Å². The average molecular weight is 292 g/mol. The molecule has 4 heteroatoms. The summed E-state index contributed by atoms with van der Waals surface area (Å²) in [5.41, 5.74) is 2.02. The zero-order valence-electron chi connectivity index (χ0n) is 11.7. The number of methoxy groups -OCH3 is 1. The molecule has 0 aliphatic carbocycles. The quantitative estimate of drug-likeness (QED) is 0.730. The number of aryl methyl sites for hydroxylation is 1. The second kappa shape index (κ2) is 7.15. The number of ether oxygens (including phenoxy) is 2. The van der Waals surface area contributed by atoms with Gasteiger partial charge in [-0.15, -0.1) is 11.6 Å². The average Bonchev–Trinajstić information content (AvgIpc) is 2.47. The fourth-order valence-corrected chi connectivity index (χ4v) is 2.07. The number of hydrogen-bond donors (Lipinski definition) is 0. The molecule has 1 heterocycles. The SMILES string of the molecule is CCCc1cc(CCl)cc(Oc2cccc(OC)c2)n1. The highest BCUT2D eigenvalue weighted by Gasteiger charge is 2.05. The normalized spacial score (nSPS) is 10.3. The van der Waals surface area contributed by atoms with Crippen LogP contribution >= 0.6 is 11.6 Å². The van der Waals surface area contributed by atoms with Crippen molar-refractivity contribution in [3.8, 4) is 17.4 Å². The lowest BCUT2D eigenvalue weighted by Gasteiger charge is -2.09. The first-order valence-electron chi connectivity index (χ1n) is 6.63. The summed E-state index contributed by atoms with van der Waals surface area (Å²) in [6, 6.07) is 11.3. The second-order valence-corrected chi connectivity index (χ2v) is 4.74. The van der Waals surface area contributed by atoms with Crippen LogP contribution in [0.25, 0.3) is 0 Å². The molecule has 0 spiro atoms. The van der Waals surface area contributed by atoms with Crippen LogP contribution in [0.3, 0.4) is 0 Å². The molecule has 0 saturated carbocycles. The molecule has 20 heavy (non-hydrogen) atoms. The summed E-state index contributed by atoms with van der Waals surface area (Å²) in [4.78, 5) is 4.50. The van der Waals surface area contributed by atoms with Gasteiger partial charge in [0.25, 0.3) is 0 Å². The fourth-order valence-electron chi connectivity index (χ4n) is 1.92. The molecule has 0 unspecified atom stereocenters. The minimum atomic E-state index is 0.452. The first-order chi connectivity index (χ1) is 9.75. The molecule has 2 aromatic rings. The van der Waals surface area contributed by atoms with Gasteiger partial charge in [0.15, 0.2) is 0 Å². The molecule has 0 saturated heterocycles. The Hall–Kier alpha value is -1.74. The second-order valence-electron chi connectivity index (χ2n) is 4.47. The number of rotatable bonds is 6. The minimum Gasteiger partial charge on any atom is -0.497 e. The van der Waals surface area contributed by atoms with Crippen molar-refractivity contribution >= 4 is 11.6 Å². The maximum atomic E-state index is 5.92. The number of benzene rings is 1. The van der Waals surface area contributed by atoms with Crippen LogP contribution in [0, 0.1) is 0 Å². The molecule has 0 bridgehead atoms. The number of aromatic nitrogens is 1. The topological polar surface area (TPSA) is 31.4 Å². The third-order valence-corrected chi connectivity index (χ3v) is 3.15. The van der Waals surface area contributed by atoms with Crippen molar-refractivity contribution < 1.29 is 9.47 Å². The Balaban J connectivity index is 2.24. The highest BCUT2D eigenvalue weighted by molar-refractivity contribution is 6.17. The van der Waals surface area contributed by atoms with Gasteiger partial charge >= 0.3 is 0 Å².